The highest BCUT2D eigenvalue weighted by Gasteiger charge is 2.34. The van der Waals surface area contributed by atoms with Gasteiger partial charge >= 0.3 is 11.9 Å². The maximum Gasteiger partial charge on any atom is 0.321 e. The van der Waals surface area contributed by atoms with E-state index in [1.54, 1.807) is 18.3 Å². The number of hydrogen-bond acceptors (Lipinski definition) is 4. The predicted octanol–water partition coefficient (Wildman–Crippen LogP) is 0.947. The van der Waals surface area contributed by atoms with Crippen LogP contribution < -0.4 is 0 Å². The van der Waals surface area contributed by atoms with Crippen molar-refractivity contribution in [3.63, 3.8) is 0 Å². The highest BCUT2D eigenvalue weighted by Crippen LogP contribution is 2.27. The quantitative estimate of drug-likeness (QED) is 0.489. The number of cyclic esters (lactones) is 2. The average molecular weight is 191 g/mol. The minimum atomic E-state index is -0.458. The summed E-state index contributed by atoms with van der Waals surface area (Å²) in [7, 11) is 0. The summed E-state index contributed by atoms with van der Waals surface area (Å²) in [5.41, 5.74) is 1.63. The number of pyridine rings is 1. The summed E-state index contributed by atoms with van der Waals surface area (Å²) < 4.78 is 4.47. The van der Waals surface area contributed by atoms with E-state index in [1.165, 1.54) is 0 Å². The van der Waals surface area contributed by atoms with Crippen LogP contribution in [-0.4, -0.2) is 16.9 Å². The van der Waals surface area contributed by atoms with Gasteiger partial charge in [0.2, 0.25) is 0 Å². The summed E-state index contributed by atoms with van der Waals surface area (Å²) in [5, 5.41) is 0. The molecular formula is C10H9NO3. The molecule has 4 heteroatoms. The van der Waals surface area contributed by atoms with E-state index in [9.17, 15) is 9.59 Å². The molecule has 1 atom stereocenters. The van der Waals surface area contributed by atoms with Crippen LogP contribution in [0.5, 0.6) is 0 Å². The molecule has 72 valence electrons. The molecule has 2 heterocycles. The SMILES string of the molecule is Cc1cc(C2CC(=O)OC2=O)ccn1. The van der Waals surface area contributed by atoms with Crippen molar-refractivity contribution in [2.24, 2.45) is 0 Å². The van der Waals surface area contributed by atoms with Crippen molar-refractivity contribution in [1.29, 1.82) is 0 Å². The van der Waals surface area contributed by atoms with Gasteiger partial charge in [0, 0.05) is 11.9 Å². The van der Waals surface area contributed by atoms with Crippen molar-refractivity contribution in [3.8, 4) is 0 Å². The van der Waals surface area contributed by atoms with E-state index < -0.39 is 17.9 Å². The second-order valence-corrected chi connectivity index (χ2v) is 3.28. The largest absolute Gasteiger partial charge is 0.393 e. The first-order chi connectivity index (χ1) is 6.66. The molecule has 4 nitrogen and oxygen atoms in total. The molecule has 0 aliphatic carbocycles. The summed E-state index contributed by atoms with van der Waals surface area (Å²) in [6.45, 7) is 1.84. The fourth-order valence-corrected chi connectivity index (χ4v) is 1.51. The van der Waals surface area contributed by atoms with E-state index >= 15 is 0 Å². The molecule has 2 rings (SSSR count). The average Bonchev–Trinajstić information content (AvgIpc) is 2.45. The van der Waals surface area contributed by atoms with Crippen LogP contribution in [0.3, 0.4) is 0 Å². The lowest BCUT2D eigenvalue weighted by atomic mass is 9.98. The topological polar surface area (TPSA) is 56.3 Å². The van der Waals surface area contributed by atoms with Crippen molar-refractivity contribution in [3.05, 3.63) is 29.6 Å². The molecule has 0 aromatic carbocycles. The number of rotatable bonds is 1. The van der Waals surface area contributed by atoms with Gasteiger partial charge < -0.3 is 4.74 Å². The Morgan fingerprint density at radius 3 is 2.86 bits per heavy atom. The van der Waals surface area contributed by atoms with Gasteiger partial charge in [0.25, 0.3) is 0 Å². The molecule has 0 bridgehead atoms. The molecule has 1 aliphatic rings. The normalized spacial score (nSPS) is 21.1. The van der Waals surface area contributed by atoms with Crippen molar-refractivity contribution >= 4 is 11.9 Å². The first kappa shape index (κ1) is 8.87. The number of ether oxygens (including phenoxy) is 1. The van der Waals surface area contributed by atoms with Gasteiger partial charge in [-0.15, -0.1) is 0 Å². The number of hydrogen-bond donors (Lipinski definition) is 0. The van der Waals surface area contributed by atoms with Crippen LogP contribution in [0.4, 0.5) is 0 Å². The molecule has 14 heavy (non-hydrogen) atoms. The van der Waals surface area contributed by atoms with Crippen molar-refractivity contribution in [2.75, 3.05) is 0 Å². The molecule has 1 aromatic rings. The smallest absolute Gasteiger partial charge is 0.321 e. The first-order valence-corrected chi connectivity index (χ1v) is 4.34. The fourth-order valence-electron chi connectivity index (χ4n) is 1.51. The molecule has 0 spiro atoms. The Balaban J connectivity index is 2.31. The van der Waals surface area contributed by atoms with E-state index in [-0.39, 0.29) is 6.42 Å². The first-order valence-electron chi connectivity index (χ1n) is 4.34. The lowest BCUT2D eigenvalue weighted by Crippen LogP contribution is -2.05. The standard InChI is InChI=1S/C10H9NO3/c1-6-4-7(2-3-11-6)8-5-9(12)14-10(8)13/h2-4,8H,5H2,1H3. The summed E-state index contributed by atoms with van der Waals surface area (Å²) in [6, 6.07) is 3.53. The molecule has 1 saturated heterocycles. The number of esters is 2. The van der Waals surface area contributed by atoms with Crippen LogP contribution in [0.1, 0.15) is 23.6 Å². The van der Waals surface area contributed by atoms with Crippen LogP contribution >= 0.6 is 0 Å². The van der Waals surface area contributed by atoms with Gasteiger partial charge in [-0.25, -0.2) is 0 Å². The van der Waals surface area contributed by atoms with E-state index in [0.29, 0.717) is 0 Å². The Kier molecular flexibility index (Phi) is 2.04. The van der Waals surface area contributed by atoms with Crippen LogP contribution in [0.25, 0.3) is 0 Å². The predicted molar refractivity (Wildman–Crippen MR) is 47.4 cm³/mol. The zero-order chi connectivity index (χ0) is 10.1. The summed E-state index contributed by atoms with van der Waals surface area (Å²) in [5.74, 6) is -1.35. The maximum atomic E-state index is 11.2. The molecule has 0 amide bonds. The number of carbonyl (C=O) groups excluding carboxylic acids is 2. The molecule has 0 N–H and O–H groups in total. The lowest BCUT2D eigenvalue weighted by molar-refractivity contribution is -0.152. The minimum Gasteiger partial charge on any atom is -0.393 e. The Morgan fingerprint density at radius 1 is 1.50 bits per heavy atom. The number of aryl methyl sites for hydroxylation is 1. The lowest BCUT2D eigenvalue weighted by Gasteiger charge is -2.04. The van der Waals surface area contributed by atoms with E-state index in [1.807, 2.05) is 6.92 Å². The van der Waals surface area contributed by atoms with Gasteiger partial charge in [-0.05, 0) is 24.6 Å². The highest BCUT2D eigenvalue weighted by molar-refractivity contribution is 5.97. The Labute approximate surface area is 80.9 Å². The van der Waals surface area contributed by atoms with E-state index in [0.717, 1.165) is 11.3 Å². The molecule has 1 unspecified atom stereocenters. The van der Waals surface area contributed by atoms with Crippen molar-refractivity contribution in [2.45, 2.75) is 19.3 Å². The second kappa shape index (κ2) is 3.21. The Hall–Kier alpha value is -1.71. The van der Waals surface area contributed by atoms with Crippen LogP contribution in [0, 0.1) is 6.92 Å². The maximum absolute atomic E-state index is 11.2. The van der Waals surface area contributed by atoms with Gasteiger partial charge in [0.15, 0.2) is 0 Å². The van der Waals surface area contributed by atoms with Gasteiger partial charge in [0.1, 0.15) is 0 Å². The third kappa shape index (κ3) is 1.51. The van der Waals surface area contributed by atoms with Crippen LogP contribution in [0.15, 0.2) is 18.3 Å². The second-order valence-electron chi connectivity index (χ2n) is 3.28. The molecule has 1 fully saturated rings. The van der Waals surface area contributed by atoms with Gasteiger partial charge in [0.05, 0.1) is 12.3 Å². The summed E-state index contributed by atoms with van der Waals surface area (Å²) in [6.07, 6.45) is 1.77. The molecule has 0 saturated carbocycles. The monoisotopic (exact) mass is 191 g/mol. The fraction of sp³-hybridized carbons (Fsp3) is 0.300. The Bertz CT molecular complexity index is 400. The van der Waals surface area contributed by atoms with Gasteiger partial charge in [-0.1, -0.05) is 0 Å². The van der Waals surface area contributed by atoms with Crippen molar-refractivity contribution < 1.29 is 14.3 Å². The number of carbonyl (C=O) groups is 2. The zero-order valence-corrected chi connectivity index (χ0v) is 7.69. The summed E-state index contributed by atoms with van der Waals surface area (Å²) >= 11 is 0. The molecule has 1 aliphatic heterocycles. The minimum absolute atomic E-state index is 0.141. The molecule has 0 radical (unpaired) electrons. The summed E-state index contributed by atoms with van der Waals surface area (Å²) in [4.78, 5) is 26.1. The van der Waals surface area contributed by atoms with E-state index in [2.05, 4.69) is 9.72 Å². The molecular weight excluding hydrogens is 182 g/mol. The third-order valence-electron chi connectivity index (χ3n) is 2.19. The zero-order valence-electron chi connectivity index (χ0n) is 7.69. The molecule has 1 aromatic heterocycles. The van der Waals surface area contributed by atoms with Crippen LogP contribution in [0.2, 0.25) is 0 Å². The van der Waals surface area contributed by atoms with Gasteiger partial charge in [-0.3, -0.25) is 14.6 Å². The number of aromatic nitrogens is 1. The van der Waals surface area contributed by atoms with Gasteiger partial charge in [-0.2, -0.15) is 0 Å². The highest BCUT2D eigenvalue weighted by atomic mass is 16.6. The van der Waals surface area contributed by atoms with Crippen LogP contribution in [-0.2, 0) is 14.3 Å². The Morgan fingerprint density at radius 2 is 2.29 bits per heavy atom. The van der Waals surface area contributed by atoms with E-state index in [4.69, 9.17) is 0 Å². The number of nitrogens with zero attached hydrogens (tertiary/aromatic N) is 1. The van der Waals surface area contributed by atoms with Crippen molar-refractivity contribution in [1.82, 2.24) is 4.98 Å². The third-order valence-corrected chi connectivity index (χ3v) is 2.19.